The minimum Gasteiger partial charge on any atom is -0.487 e. The summed E-state index contributed by atoms with van der Waals surface area (Å²) in [5.41, 5.74) is 1.31. The zero-order valence-electron chi connectivity index (χ0n) is 9.13. The molecule has 0 saturated heterocycles. The van der Waals surface area contributed by atoms with Crippen LogP contribution >= 0.6 is 0 Å². The Hall–Kier alpha value is -1.31. The standard InChI is InChI=1S/C12H16O2/c1-9-6-5-7-11(10(9)8-13)14-12(2,3)4/h5-8H,1-4H3. The van der Waals surface area contributed by atoms with Gasteiger partial charge >= 0.3 is 0 Å². The molecule has 2 nitrogen and oxygen atoms in total. The first-order valence-corrected chi connectivity index (χ1v) is 4.68. The molecule has 0 aliphatic carbocycles. The molecule has 1 aromatic carbocycles. The van der Waals surface area contributed by atoms with Crippen molar-refractivity contribution in [2.45, 2.75) is 33.3 Å². The smallest absolute Gasteiger partial charge is 0.154 e. The van der Waals surface area contributed by atoms with Crippen LogP contribution in [0.3, 0.4) is 0 Å². The van der Waals surface area contributed by atoms with Gasteiger partial charge in [0, 0.05) is 0 Å². The van der Waals surface area contributed by atoms with Gasteiger partial charge in [-0.1, -0.05) is 12.1 Å². The average Bonchev–Trinajstić information content (AvgIpc) is 2.01. The molecule has 0 spiro atoms. The van der Waals surface area contributed by atoms with Gasteiger partial charge < -0.3 is 4.74 Å². The number of rotatable bonds is 2. The Bertz CT molecular complexity index is 335. The molecule has 0 saturated carbocycles. The molecule has 14 heavy (non-hydrogen) atoms. The monoisotopic (exact) mass is 192 g/mol. The summed E-state index contributed by atoms with van der Waals surface area (Å²) in [7, 11) is 0. The van der Waals surface area contributed by atoms with Gasteiger partial charge in [0.05, 0.1) is 5.56 Å². The van der Waals surface area contributed by atoms with Crippen molar-refractivity contribution in [1.29, 1.82) is 0 Å². The summed E-state index contributed by atoms with van der Waals surface area (Å²) in [6.45, 7) is 7.79. The predicted octanol–water partition coefficient (Wildman–Crippen LogP) is 2.98. The molecule has 0 fully saturated rings. The van der Waals surface area contributed by atoms with Crippen LogP contribution in [0.25, 0.3) is 0 Å². The van der Waals surface area contributed by atoms with Gasteiger partial charge in [0.2, 0.25) is 0 Å². The number of benzene rings is 1. The number of hydrogen-bond donors (Lipinski definition) is 0. The Balaban J connectivity index is 3.08. The highest BCUT2D eigenvalue weighted by molar-refractivity contribution is 5.81. The summed E-state index contributed by atoms with van der Waals surface area (Å²) in [5.74, 6) is 0.660. The Morgan fingerprint density at radius 1 is 1.29 bits per heavy atom. The number of aryl methyl sites for hydroxylation is 1. The predicted molar refractivity (Wildman–Crippen MR) is 56.9 cm³/mol. The van der Waals surface area contributed by atoms with Crippen molar-refractivity contribution in [1.82, 2.24) is 0 Å². The van der Waals surface area contributed by atoms with E-state index in [1.165, 1.54) is 0 Å². The van der Waals surface area contributed by atoms with Crippen LogP contribution in [0.1, 0.15) is 36.7 Å². The highest BCUT2D eigenvalue weighted by Crippen LogP contribution is 2.24. The minimum atomic E-state index is -0.272. The summed E-state index contributed by atoms with van der Waals surface area (Å²) in [6.07, 6.45) is 0.844. The zero-order chi connectivity index (χ0) is 10.8. The Kier molecular flexibility index (Phi) is 2.94. The number of hydrogen-bond acceptors (Lipinski definition) is 2. The summed E-state index contributed by atoms with van der Waals surface area (Å²) in [5, 5.41) is 0. The van der Waals surface area contributed by atoms with Crippen LogP contribution in [0.4, 0.5) is 0 Å². The SMILES string of the molecule is Cc1cccc(OC(C)(C)C)c1C=O. The van der Waals surface area contributed by atoms with Crippen molar-refractivity contribution in [3.63, 3.8) is 0 Å². The van der Waals surface area contributed by atoms with Gasteiger partial charge in [-0.2, -0.15) is 0 Å². The number of ether oxygens (including phenoxy) is 1. The summed E-state index contributed by atoms with van der Waals surface area (Å²) >= 11 is 0. The van der Waals surface area contributed by atoms with Crippen LogP contribution < -0.4 is 4.74 Å². The number of carbonyl (C=O) groups excluding carboxylic acids is 1. The quantitative estimate of drug-likeness (QED) is 0.673. The maximum absolute atomic E-state index is 10.9. The largest absolute Gasteiger partial charge is 0.487 e. The molecule has 0 amide bonds. The van der Waals surface area contributed by atoms with Crippen LogP contribution in [0, 0.1) is 6.92 Å². The molecule has 0 bridgehead atoms. The fourth-order valence-electron chi connectivity index (χ4n) is 1.22. The molecular formula is C12H16O2. The molecule has 0 radical (unpaired) electrons. The van der Waals surface area contributed by atoms with Crippen LogP contribution in [-0.2, 0) is 0 Å². The lowest BCUT2D eigenvalue weighted by Crippen LogP contribution is -2.23. The topological polar surface area (TPSA) is 26.3 Å². The third kappa shape index (κ3) is 2.59. The van der Waals surface area contributed by atoms with E-state index in [1.807, 2.05) is 45.9 Å². The fraction of sp³-hybridized carbons (Fsp3) is 0.417. The molecule has 1 aromatic rings. The average molecular weight is 192 g/mol. The van der Waals surface area contributed by atoms with Gasteiger partial charge in [0.1, 0.15) is 11.4 Å². The maximum Gasteiger partial charge on any atom is 0.154 e. The first-order chi connectivity index (χ1) is 6.44. The molecular weight excluding hydrogens is 176 g/mol. The van der Waals surface area contributed by atoms with E-state index in [-0.39, 0.29) is 5.60 Å². The van der Waals surface area contributed by atoms with E-state index < -0.39 is 0 Å². The number of carbonyl (C=O) groups is 1. The summed E-state index contributed by atoms with van der Waals surface area (Å²) in [4.78, 5) is 10.9. The highest BCUT2D eigenvalue weighted by Gasteiger charge is 2.14. The molecule has 0 N–H and O–H groups in total. The second-order valence-electron chi connectivity index (χ2n) is 4.32. The van der Waals surface area contributed by atoms with E-state index in [9.17, 15) is 4.79 Å². The summed E-state index contributed by atoms with van der Waals surface area (Å²) < 4.78 is 5.67. The normalized spacial score (nSPS) is 11.1. The Labute approximate surface area is 84.9 Å². The van der Waals surface area contributed by atoms with Crippen LogP contribution in [0.15, 0.2) is 18.2 Å². The van der Waals surface area contributed by atoms with E-state index in [4.69, 9.17) is 4.74 Å². The van der Waals surface area contributed by atoms with E-state index >= 15 is 0 Å². The molecule has 0 atom stereocenters. The van der Waals surface area contributed by atoms with Crippen molar-refractivity contribution in [3.8, 4) is 5.75 Å². The minimum absolute atomic E-state index is 0.272. The van der Waals surface area contributed by atoms with Crippen molar-refractivity contribution < 1.29 is 9.53 Å². The lowest BCUT2D eigenvalue weighted by molar-refractivity contribution is 0.109. The van der Waals surface area contributed by atoms with E-state index in [1.54, 1.807) is 0 Å². The van der Waals surface area contributed by atoms with Gasteiger partial charge in [-0.3, -0.25) is 4.79 Å². The van der Waals surface area contributed by atoms with E-state index in [2.05, 4.69) is 0 Å². The first kappa shape index (κ1) is 10.8. The van der Waals surface area contributed by atoms with E-state index in [0.717, 1.165) is 11.8 Å². The third-order valence-corrected chi connectivity index (χ3v) is 1.82. The molecule has 0 heterocycles. The van der Waals surface area contributed by atoms with Crippen LogP contribution in [-0.4, -0.2) is 11.9 Å². The molecule has 1 rings (SSSR count). The maximum atomic E-state index is 10.9. The number of aldehydes is 1. The molecule has 0 aliphatic rings. The van der Waals surface area contributed by atoms with Gasteiger partial charge in [-0.25, -0.2) is 0 Å². The van der Waals surface area contributed by atoms with Gasteiger partial charge in [-0.05, 0) is 39.3 Å². The van der Waals surface area contributed by atoms with Crippen molar-refractivity contribution >= 4 is 6.29 Å². The highest BCUT2D eigenvalue weighted by atomic mass is 16.5. The van der Waals surface area contributed by atoms with Crippen LogP contribution in [0.2, 0.25) is 0 Å². The Morgan fingerprint density at radius 3 is 2.43 bits per heavy atom. The molecule has 0 aromatic heterocycles. The van der Waals surface area contributed by atoms with Gasteiger partial charge in [0.15, 0.2) is 6.29 Å². The van der Waals surface area contributed by atoms with Crippen molar-refractivity contribution in [3.05, 3.63) is 29.3 Å². The second kappa shape index (κ2) is 3.82. The van der Waals surface area contributed by atoms with Crippen molar-refractivity contribution in [2.75, 3.05) is 0 Å². The Morgan fingerprint density at radius 2 is 1.93 bits per heavy atom. The molecule has 0 aliphatic heterocycles. The fourth-order valence-corrected chi connectivity index (χ4v) is 1.22. The first-order valence-electron chi connectivity index (χ1n) is 4.68. The third-order valence-electron chi connectivity index (χ3n) is 1.82. The lowest BCUT2D eigenvalue weighted by Gasteiger charge is -2.22. The zero-order valence-corrected chi connectivity index (χ0v) is 9.13. The second-order valence-corrected chi connectivity index (χ2v) is 4.32. The van der Waals surface area contributed by atoms with E-state index in [0.29, 0.717) is 11.3 Å². The molecule has 2 heteroatoms. The molecule has 76 valence electrons. The summed E-state index contributed by atoms with van der Waals surface area (Å²) in [6, 6.07) is 5.62. The van der Waals surface area contributed by atoms with Gasteiger partial charge in [-0.15, -0.1) is 0 Å². The van der Waals surface area contributed by atoms with Gasteiger partial charge in [0.25, 0.3) is 0 Å². The lowest BCUT2D eigenvalue weighted by atomic mass is 10.1. The van der Waals surface area contributed by atoms with Crippen LogP contribution in [0.5, 0.6) is 5.75 Å². The van der Waals surface area contributed by atoms with Crippen molar-refractivity contribution in [2.24, 2.45) is 0 Å². The molecule has 0 unspecified atom stereocenters.